The van der Waals surface area contributed by atoms with Crippen LogP contribution in [0, 0.1) is 0 Å². The van der Waals surface area contributed by atoms with Crippen molar-refractivity contribution in [3.63, 3.8) is 0 Å². The Morgan fingerprint density at radius 2 is 1.31 bits per heavy atom. The SMILES string of the molecule is C1=CCCC(c2ccc(N(c3ccc(-c4ccccc4)cc3)c3cncc4c3oc3ccc5ccccc5c34)c(-c3ccccc3)c2)=C1. The molecule has 48 heavy (non-hydrogen) atoms. The number of pyridine rings is 1. The number of nitrogens with zero attached hydrogens (tertiary/aromatic N) is 2. The standard InChI is InChI=1S/C45H32N2O/c1-4-12-31(13-5-1)33-20-24-37(25-21-33)47(41-26-22-36(32-14-6-2-7-15-32)28-39(41)34-16-8-3-9-17-34)42-30-46-29-40-44-38-19-11-10-18-35(38)23-27-43(44)48-45(40)42/h1-6,8-14,16-30H,7,15H2. The molecule has 3 heteroatoms. The third-order valence-electron chi connectivity index (χ3n) is 9.43. The van der Waals surface area contributed by atoms with Crippen molar-refractivity contribution in [1.82, 2.24) is 4.98 Å². The molecule has 6 aromatic carbocycles. The fourth-order valence-electron chi connectivity index (χ4n) is 7.07. The van der Waals surface area contributed by atoms with E-state index in [0.29, 0.717) is 0 Å². The average molecular weight is 617 g/mol. The smallest absolute Gasteiger partial charge is 0.162 e. The van der Waals surface area contributed by atoms with Gasteiger partial charge in [-0.3, -0.25) is 4.98 Å². The van der Waals surface area contributed by atoms with Crippen molar-refractivity contribution in [3.05, 3.63) is 176 Å². The van der Waals surface area contributed by atoms with Gasteiger partial charge in [0.2, 0.25) is 0 Å². The molecule has 2 heterocycles. The van der Waals surface area contributed by atoms with Gasteiger partial charge in [-0.2, -0.15) is 0 Å². The maximum atomic E-state index is 6.77. The Hall–Kier alpha value is -6.19. The van der Waals surface area contributed by atoms with Crippen molar-refractivity contribution < 1.29 is 4.42 Å². The Morgan fingerprint density at radius 3 is 2.10 bits per heavy atom. The van der Waals surface area contributed by atoms with Gasteiger partial charge in [-0.1, -0.05) is 127 Å². The number of fused-ring (bicyclic) bond motifs is 5. The van der Waals surface area contributed by atoms with Crippen LogP contribution in [0.3, 0.4) is 0 Å². The Labute approximate surface area is 279 Å². The summed E-state index contributed by atoms with van der Waals surface area (Å²) in [6.45, 7) is 0. The first kappa shape index (κ1) is 28.1. The first-order chi connectivity index (χ1) is 23.8. The second kappa shape index (κ2) is 11.9. The van der Waals surface area contributed by atoms with Gasteiger partial charge in [0, 0.05) is 28.2 Å². The highest BCUT2D eigenvalue weighted by Gasteiger charge is 2.24. The van der Waals surface area contributed by atoms with Crippen molar-refractivity contribution >= 4 is 55.3 Å². The van der Waals surface area contributed by atoms with Gasteiger partial charge in [-0.15, -0.1) is 0 Å². The van der Waals surface area contributed by atoms with Crippen LogP contribution in [0.25, 0.3) is 60.5 Å². The van der Waals surface area contributed by atoms with E-state index in [1.165, 1.54) is 27.6 Å². The lowest BCUT2D eigenvalue weighted by molar-refractivity contribution is 0.669. The Bertz CT molecular complexity index is 2490. The van der Waals surface area contributed by atoms with E-state index in [0.717, 1.165) is 68.4 Å². The maximum absolute atomic E-state index is 6.77. The normalized spacial score (nSPS) is 12.9. The fraction of sp³-hybridized carbons (Fsp3) is 0.0444. The van der Waals surface area contributed by atoms with Crippen molar-refractivity contribution in [2.45, 2.75) is 12.8 Å². The molecule has 0 fully saturated rings. The van der Waals surface area contributed by atoms with Gasteiger partial charge in [0.25, 0.3) is 0 Å². The molecule has 0 amide bonds. The minimum Gasteiger partial charge on any atom is -0.454 e. The largest absolute Gasteiger partial charge is 0.454 e. The quantitative estimate of drug-likeness (QED) is 0.186. The van der Waals surface area contributed by atoms with Gasteiger partial charge in [0.05, 0.1) is 11.9 Å². The summed E-state index contributed by atoms with van der Waals surface area (Å²) in [4.78, 5) is 7.17. The molecule has 228 valence electrons. The highest BCUT2D eigenvalue weighted by atomic mass is 16.3. The number of anilines is 3. The van der Waals surface area contributed by atoms with Crippen LogP contribution in [0.1, 0.15) is 18.4 Å². The monoisotopic (exact) mass is 616 g/mol. The summed E-state index contributed by atoms with van der Waals surface area (Å²) in [7, 11) is 0. The number of rotatable bonds is 6. The van der Waals surface area contributed by atoms with Gasteiger partial charge in [0.15, 0.2) is 5.58 Å². The predicted octanol–water partition coefficient (Wildman–Crippen LogP) is 12.7. The van der Waals surface area contributed by atoms with Gasteiger partial charge in [-0.25, -0.2) is 0 Å². The zero-order valence-corrected chi connectivity index (χ0v) is 26.4. The first-order valence-electron chi connectivity index (χ1n) is 16.5. The molecule has 1 aliphatic carbocycles. The molecule has 0 N–H and O–H groups in total. The van der Waals surface area contributed by atoms with Crippen LogP contribution in [0.5, 0.6) is 0 Å². The van der Waals surface area contributed by atoms with Crippen LogP contribution in [-0.4, -0.2) is 4.98 Å². The third kappa shape index (κ3) is 4.88. The minimum atomic E-state index is 0.812. The topological polar surface area (TPSA) is 29.3 Å². The third-order valence-corrected chi connectivity index (χ3v) is 9.43. The summed E-state index contributed by atoms with van der Waals surface area (Å²) in [5.74, 6) is 0. The van der Waals surface area contributed by atoms with Crippen LogP contribution in [0.4, 0.5) is 17.1 Å². The number of hydrogen-bond donors (Lipinski definition) is 0. The molecule has 0 aliphatic heterocycles. The van der Waals surface area contributed by atoms with E-state index < -0.39 is 0 Å². The van der Waals surface area contributed by atoms with Gasteiger partial charge >= 0.3 is 0 Å². The minimum absolute atomic E-state index is 0.812. The van der Waals surface area contributed by atoms with E-state index in [1.54, 1.807) is 0 Å². The molecule has 0 bridgehead atoms. The van der Waals surface area contributed by atoms with E-state index in [9.17, 15) is 0 Å². The van der Waals surface area contributed by atoms with Gasteiger partial charge in [0.1, 0.15) is 11.3 Å². The van der Waals surface area contributed by atoms with Crippen molar-refractivity contribution in [3.8, 4) is 22.3 Å². The van der Waals surface area contributed by atoms with Crippen LogP contribution >= 0.6 is 0 Å². The zero-order valence-electron chi connectivity index (χ0n) is 26.4. The number of aromatic nitrogens is 1. The summed E-state index contributed by atoms with van der Waals surface area (Å²) in [5, 5.41) is 4.44. The van der Waals surface area contributed by atoms with Gasteiger partial charge in [-0.05, 0) is 81.8 Å². The van der Waals surface area contributed by atoms with Crippen LogP contribution in [0.15, 0.2) is 175 Å². The maximum Gasteiger partial charge on any atom is 0.162 e. The summed E-state index contributed by atoms with van der Waals surface area (Å²) < 4.78 is 6.77. The molecular formula is C45H32N2O. The van der Waals surface area contributed by atoms with E-state index >= 15 is 0 Å². The molecule has 0 spiro atoms. The van der Waals surface area contributed by atoms with E-state index in [2.05, 4.69) is 163 Å². The number of allylic oxidation sites excluding steroid dienone is 4. The molecule has 0 saturated carbocycles. The van der Waals surface area contributed by atoms with Crippen LogP contribution in [-0.2, 0) is 0 Å². The molecule has 0 saturated heterocycles. The molecule has 0 radical (unpaired) electrons. The highest BCUT2D eigenvalue weighted by Crippen LogP contribution is 2.47. The van der Waals surface area contributed by atoms with Crippen LogP contribution < -0.4 is 4.90 Å². The second-order valence-electron chi connectivity index (χ2n) is 12.3. The summed E-state index contributed by atoms with van der Waals surface area (Å²) >= 11 is 0. The van der Waals surface area contributed by atoms with Crippen molar-refractivity contribution in [2.75, 3.05) is 4.90 Å². The second-order valence-corrected chi connectivity index (χ2v) is 12.3. The summed E-state index contributed by atoms with van der Waals surface area (Å²) in [5.41, 5.74) is 11.9. The first-order valence-corrected chi connectivity index (χ1v) is 16.5. The van der Waals surface area contributed by atoms with Crippen molar-refractivity contribution in [2.24, 2.45) is 0 Å². The van der Waals surface area contributed by atoms with Crippen molar-refractivity contribution in [1.29, 1.82) is 0 Å². The number of hydrogen-bond acceptors (Lipinski definition) is 3. The Morgan fingerprint density at radius 1 is 0.583 bits per heavy atom. The molecule has 1 aliphatic rings. The van der Waals surface area contributed by atoms with E-state index in [-0.39, 0.29) is 0 Å². The molecule has 2 aromatic heterocycles. The molecule has 0 unspecified atom stereocenters. The number of furan rings is 1. The number of benzene rings is 6. The summed E-state index contributed by atoms with van der Waals surface area (Å²) in [6.07, 6.45) is 12.6. The van der Waals surface area contributed by atoms with Crippen LogP contribution in [0.2, 0.25) is 0 Å². The molecular weight excluding hydrogens is 585 g/mol. The Kier molecular flexibility index (Phi) is 6.94. The van der Waals surface area contributed by atoms with Gasteiger partial charge < -0.3 is 9.32 Å². The lowest BCUT2D eigenvalue weighted by atomic mass is 9.92. The Balaban J connectivity index is 1.31. The molecule has 3 nitrogen and oxygen atoms in total. The average Bonchev–Trinajstić information content (AvgIpc) is 3.57. The predicted molar refractivity (Wildman–Crippen MR) is 201 cm³/mol. The zero-order chi connectivity index (χ0) is 31.9. The molecule has 0 atom stereocenters. The van der Waals surface area contributed by atoms with E-state index in [4.69, 9.17) is 9.40 Å². The summed E-state index contributed by atoms with van der Waals surface area (Å²) in [6, 6.07) is 49.6. The lowest BCUT2D eigenvalue weighted by Crippen LogP contribution is -2.12. The molecule has 8 aromatic rings. The fourth-order valence-corrected chi connectivity index (χ4v) is 7.07. The lowest BCUT2D eigenvalue weighted by Gasteiger charge is -2.28. The highest BCUT2D eigenvalue weighted by molar-refractivity contribution is 6.20. The molecule has 9 rings (SSSR count). The van der Waals surface area contributed by atoms with E-state index in [1.807, 2.05) is 12.4 Å².